The Bertz CT molecular complexity index is 111. The quantitative estimate of drug-likeness (QED) is 0.563. The lowest BCUT2D eigenvalue weighted by atomic mass is 9.89. The molecule has 0 aromatic heterocycles. The monoisotopic (exact) mass is 125 g/mol. The molecule has 0 amide bonds. The van der Waals surface area contributed by atoms with Crippen LogP contribution in [0, 0.1) is 17.8 Å². The summed E-state index contributed by atoms with van der Waals surface area (Å²) in [5, 5.41) is 0. The molecule has 2 N–H and O–H groups in total. The van der Waals surface area contributed by atoms with Crippen LogP contribution in [0.5, 0.6) is 0 Å². The van der Waals surface area contributed by atoms with E-state index in [0.717, 1.165) is 24.3 Å². The van der Waals surface area contributed by atoms with Crippen molar-refractivity contribution >= 4 is 0 Å². The Labute approximate surface area is 56.6 Å². The SMILES string of the molecule is NCC1CCCC2CC12. The van der Waals surface area contributed by atoms with Gasteiger partial charge in [0.15, 0.2) is 0 Å². The molecule has 0 saturated heterocycles. The molecular formula is C8H15N. The minimum absolute atomic E-state index is 0.906. The number of hydrogen-bond acceptors (Lipinski definition) is 1. The molecule has 52 valence electrons. The van der Waals surface area contributed by atoms with Crippen molar-refractivity contribution < 1.29 is 0 Å². The van der Waals surface area contributed by atoms with Gasteiger partial charge in [-0.3, -0.25) is 0 Å². The first kappa shape index (κ1) is 5.72. The van der Waals surface area contributed by atoms with E-state index in [-0.39, 0.29) is 0 Å². The number of hydrogen-bond donors (Lipinski definition) is 1. The van der Waals surface area contributed by atoms with Crippen LogP contribution in [0.3, 0.4) is 0 Å². The summed E-state index contributed by atoms with van der Waals surface area (Å²) in [5.74, 6) is 3.07. The zero-order valence-corrected chi connectivity index (χ0v) is 5.84. The van der Waals surface area contributed by atoms with Gasteiger partial charge in [-0.25, -0.2) is 0 Å². The second-order valence-corrected chi connectivity index (χ2v) is 3.59. The van der Waals surface area contributed by atoms with Gasteiger partial charge in [-0.1, -0.05) is 12.8 Å². The van der Waals surface area contributed by atoms with Crippen LogP contribution in [0.25, 0.3) is 0 Å². The second-order valence-electron chi connectivity index (χ2n) is 3.59. The van der Waals surface area contributed by atoms with Gasteiger partial charge in [0.05, 0.1) is 0 Å². The summed E-state index contributed by atoms with van der Waals surface area (Å²) in [6.45, 7) is 0.946. The largest absolute Gasteiger partial charge is 0.330 e. The topological polar surface area (TPSA) is 26.0 Å². The number of nitrogens with two attached hydrogens (primary N) is 1. The molecule has 1 heteroatoms. The van der Waals surface area contributed by atoms with Crippen LogP contribution in [0.4, 0.5) is 0 Å². The lowest BCUT2D eigenvalue weighted by molar-refractivity contribution is 0.343. The summed E-state index contributed by atoms with van der Waals surface area (Å²) in [4.78, 5) is 0. The second kappa shape index (κ2) is 1.98. The molecular weight excluding hydrogens is 110 g/mol. The minimum atomic E-state index is 0.906. The van der Waals surface area contributed by atoms with Gasteiger partial charge in [0.25, 0.3) is 0 Å². The molecule has 0 radical (unpaired) electrons. The third kappa shape index (κ3) is 0.877. The maximum Gasteiger partial charge on any atom is -0.00461 e. The predicted molar refractivity (Wildman–Crippen MR) is 38.0 cm³/mol. The summed E-state index contributed by atoms with van der Waals surface area (Å²) >= 11 is 0. The van der Waals surface area contributed by atoms with Crippen molar-refractivity contribution in [3.8, 4) is 0 Å². The molecule has 9 heavy (non-hydrogen) atoms. The molecule has 0 aromatic carbocycles. The van der Waals surface area contributed by atoms with E-state index in [1.54, 1.807) is 0 Å². The highest BCUT2D eigenvalue weighted by atomic mass is 14.6. The summed E-state index contributed by atoms with van der Waals surface area (Å²) in [6, 6.07) is 0. The average molecular weight is 125 g/mol. The summed E-state index contributed by atoms with van der Waals surface area (Å²) in [6.07, 6.45) is 5.86. The van der Waals surface area contributed by atoms with Gasteiger partial charge in [-0.05, 0) is 37.1 Å². The fourth-order valence-corrected chi connectivity index (χ4v) is 2.33. The van der Waals surface area contributed by atoms with Crippen molar-refractivity contribution in [2.45, 2.75) is 25.7 Å². The molecule has 3 atom stereocenters. The molecule has 0 aromatic rings. The van der Waals surface area contributed by atoms with E-state index < -0.39 is 0 Å². The molecule has 2 aliphatic rings. The van der Waals surface area contributed by atoms with Gasteiger partial charge in [0.1, 0.15) is 0 Å². The normalized spacial score (nSPS) is 48.3. The molecule has 0 heterocycles. The smallest absolute Gasteiger partial charge is 0.00461 e. The first-order valence-corrected chi connectivity index (χ1v) is 4.12. The third-order valence-electron chi connectivity index (χ3n) is 3.04. The van der Waals surface area contributed by atoms with Crippen LogP contribution in [0.2, 0.25) is 0 Å². The van der Waals surface area contributed by atoms with E-state index in [4.69, 9.17) is 5.73 Å². The molecule has 0 bridgehead atoms. The van der Waals surface area contributed by atoms with Crippen LogP contribution in [-0.4, -0.2) is 6.54 Å². The van der Waals surface area contributed by atoms with E-state index in [1.165, 1.54) is 25.7 Å². The van der Waals surface area contributed by atoms with Crippen LogP contribution in [-0.2, 0) is 0 Å². The Morgan fingerprint density at radius 1 is 1.33 bits per heavy atom. The average Bonchev–Trinajstić information content (AvgIpc) is 2.64. The molecule has 2 fully saturated rings. The molecule has 0 spiro atoms. The standard InChI is InChI=1S/C8H15N/c9-5-7-3-1-2-6-4-8(6)7/h6-8H,1-5,9H2. The van der Waals surface area contributed by atoms with E-state index in [1.807, 2.05) is 0 Å². The predicted octanol–water partition coefficient (Wildman–Crippen LogP) is 1.38. The van der Waals surface area contributed by atoms with Gasteiger partial charge in [-0.15, -0.1) is 0 Å². The summed E-state index contributed by atoms with van der Waals surface area (Å²) in [5.41, 5.74) is 5.62. The Kier molecular flexibility index (Phi) is 1.26. The van der Waals surface area contributed by atoms with Crippen molar-refractivity contribution in [2.24, 2.45) is 23.5 Å². The fraction of sp³-hybridized carbons (Fsp3) is 1.00. The van der Waals surface area contributed by atoms with E-state index >= 15 is 0 Å². The van der Waals surface area contributed by atoms with Crippen molar-refractivity contribution in [2.75, 3.05) is 6.54 Å². The Morgan fingerprint density at radius 3 is 2.89 bits per heavy atom. The van der Waals surface area contributed by atoms with Crippen molar-refractivity contribution in [3.63, 3.8) is 0 Å². The van der Waals surface area contributed by atoms with E-state index in [9.17, 15) is 0 Å². The Hall–Kier alpha value is -0.0400. The highest BCUT2D eigenvalue weighted by Crippen LogP contribution is 2.52. The molecule has 3 unspecified atom stereocenters. The van der Waals surface area contributed by atoms with Gasteiger partial charge in [0.2, 0.25) is 0 Å². The van der Waals surface area contributed by atoms with Crippen molar-refractivity contribution in [1.29, 1.82) is 0 Å². The van der Waals surface area contributed by atoms with E-state index in [2.05, 4.69) is 0 Å². The molecule has 2 saturated carbocycles. The Balaban J connectivity index is 1.93. The zero-order valence-electron chi connectivity index (χ0n) is 5.84. The lowest BCUT2D eigenvalue weighted by Crippen LogP contribution is -2.19. The first-order chi connectivity index (χ1) is 4.42. The van der Waals surface area contributed by atoms with Gasteiger partial charge < -0.3 is 5.73 Å². The van der Waals surface area contributed by atoms with Gasteiger partial charge in [-0.2, -0.15) is 0 Å². The molecule has 2 rings (SSSR count). The molecule has 0 aliphatic heterocycles. The Morgan fingerprint density at radius 2 is 2.22 bits per heavy atom. The van der Waals surface area contributed by atoms with Crippen LogP contribution in [0.1, 0.15) is 25.7 Å². The number of rotatable bonds is 1. The first-order valence-electron chi connectivity index (χ1n) is 4.12. The number of fused-ring (bicyclic) bond motifs is 1. The van der Waals surface area contributed by atoms with Crippen molar-refractivity contribution in [1.82, 2.24) is 0 Å². The highest BCUT2D eigenvalue weighted by Gasteiger charge is 2.44. The van der Waals surface area contributed by atoms with Crippen molar-refractivity contribution in [3.05, 3.63) is 0 Å². The van der Waals surface area contributed by atoms with Gasteiger partial charge >= 0.3 is 0 Å². The highest BCUT2D eigenvalue weighted by molar-refractivity contribution is 4.94. The zero-order chi connectivity index (χ0) is 6.27. The molecule has 1 nitrogen and oxygen atoms in total. The lowest BCUT2D eigenvalue weighted by Gasteiger charge is -2.18. The maximum absolute atomic E-state index is 5.62. The van der Waals surface area contributed by atoms with Crippen LogP contribution in [0.15, 0.2) is 0 Å². The third-order valence-corrected chi connectivity index (χ3v) is 3.04. The van der Waals surface area contributed by atoms with Gasteiger partial charge in [0, 0.05) is 0 Å². The minimum Gasteiger partial charge on any atom is -0.330 e. The van der Waals surface area contributed by atoms with Crippen LogP contribution >= 0.6 is 0 Å². The van der Waals surface area contributed by atoms with E-state index in [0.29, 0.717) is 0 Å². The van der Waals surface area contributed by atoms with Crippen LogP contribution < -0.4 is 5.73 Å². The summed E-state index contributed by atoms with van der Waals surface area (Å²) in [7, 11) is 0. The summed E-state index contributed by atoms with van der Waals surface area (Å²) < 4.78 is 0. The maximum atomic E-state index is 5.62. The fourth-order valence-electron chi connectivity index (χ4n) is 2.33. The molecule has 2 aliphatic carbocycles.